The van der Waals surface area contributed by atoms with Gasteiger partial charge in [-0.1, -0.05) is 0 Å². The largest absolute Gasteiger partial charge is 0.481 e. The molecule has 1 aliphatic heterocycles. The van der Waals surface area contributed by atoms with E-state index in [1.807, 2.05) is 10.7 Å². The molecular weight excluding hydrogens is 888 g/mol. The Balaban J connectivity index is 0. The molecule has 0 radical (unpaired) electrons. The highest BCUT2D eigenvalue weighted by Crippen LogP contribution is 2.09. The summed E-state index contributed by atoms with van der Waals surface area (Å²) < 4.78 is 0. The molecule has 0 aromatic rings. The van der Waals surface area contributed by atoms with Gasteiger partial charge in [-0.15, -0.1) is 0 Å². The third-order valence-corrected chi connectivity index (χ3v) is 9.73. The highest BCUT2D eigenvalue weighted by molar-refractivity contribution is 6.41. The zero-order valence-corrected chi connectivity index (χ0v) is 35.8. The van der Waals surface area contributed by atoms with E-state index in [0.717, 1.165) is 6.92 Å². The number of nitrogens with two attached hydrogens (primary N) is 3. The number of amides is 9. The van der Waals surface area contributed by atoms with Crippen LogP contribution in [-0.2, 0) is 57.5 Å². The average molecular weight is 953 g/mol. The molecule has 10 atom stereocenters. The highest BCUT2D eigenvalue weighted by Gasteiger charge is 2.39. The summed E-state index contributed by atoms with van der Waals surface area (Å²) in [4.78, 5) is 154. The van der Waals surface area contributed by atoms with Gasteiger partial charge in [0.2, 0.25) is 64.7 Å². The van der Waals surface area contributed by atoms with Crippen molar-refractivity contribution in [1.82, 2.24) is 48.0 Å². The van der Waals surface area contributed by atoms with Crippen LogP contribution in [0.15, 0.2) is 0 Å². The summed E-state index contributed by atoms with van der Waals surface area (Å²) >= 11 is 0. The molecular formula is C36H64N12O18. The SMILES string of the molecule is C[C@@H](O)[C@H](NC(=O)[C@H](CO)NN)C(=O)N[C@@H](CC(N)=O)C(=O)C(=O)[C@H](CO)NC1CCC(=O)NCCCCC(C(N)=O)NC(=O)C(CO)NC(=O)[C@H](CCC(=O)O)NC(=O)C(CO)NC1=O.[HH].[HH]. The van der Waals surface area contributed by atoms with E-state index >= 15 is 0 Å². The van der Waals surface area contributed by atoms with Gasteiger partial charge in [0.15, 0.2) is 0 Å². The van der Waals surface area contributed by atoms with Crippen LogP contribution >= 0.6 is 0 Å². The number of aliphatic hydroxyl groups is 5. The molecule has 1 aliphatic rings. The quantitative estimate of drug-likeness (QED) is 0.0289. The lowest BCUT2D eigenvalue weighted by molar-refractivity contribution is -0.142. The Labute approximate surface area is 378 Å². The standard InChI is InChI=1S/C36H60N12O18.2H2/c1-15(53)27(47-35(65)23(14-52)48-39)36(66)44-19(10-24(37)54)28(58)29(59)20(11-49)41-17-5-7-25(55)40-9-3-2-4-16(30(38)60)42-33(63)21(12-50)46-32(62)18(6-8-26(56)57)43-34(64)22(13-51)45-31(17)61;;/h15-23,27,41,48-53H,2-14,39H2,1H3,(H2,37,54)(H2,38,60)(H,40,55)(H,42,63)(H,43,64)(H,44,66)(H,45,61)(H,46,62)(H,47,65)(H,56,57);2*1H/t15-,16?,17?,18+,19+,20+,21?,22?,23+,27+;;/m1../s1. The summed E-state index contributed by atoms with van der Waals surface area (Å²) in [5, 5.41) is 76.6. The van der Waals surface area contributed by atoms with Crippen molar-refractivity contribution in [3.05, 3.63) is 0 Å². The van der Waals surface area contributed by atoms with Crippen molar-refractivity contribution in [3.8, 4) is 0 Å². The average Bonchev–Trinajstić information content (AvgIpc) is 3.25. The molecule has 1 heterocycles. The van der Waals surface area contributed by atoms with Crippen LogP contribution in [0.1, 0.15) is 61.1 Å². The Morgan fingerprint density at radius 1 is 0.727 bits per heavy atom. The van der Waals surface area contributed by atoms with Crippen LogP contribution in [0, 0.1) is 0 Å². The number of hydrazine groups is 1. The molecule has 1 fully saturated rings. The van der Waals surface area contributed by atoms with Crippen LogP contribution in [0.2, 0.25) is 0 Å². The number of primary amides is 2. The number of carboxylic acids is 1. The molecule has 376 valence electrons. The van der Waals surface area contributed by atoms with Gasteiger partial charge in [-0.05, 0) is 39.0 Å². The van der Waals surface area contributed by atoms with E-state index in [0.29, 0.717) is 0 Å². The molecule has 0 aliphatic carbocycles. The molecule has 0 aromatic heterocycles. The Morgan fingerprint density at radius 3 is 1.79 bits per heavy atom. The van der Waals surface area contributed by atoms with Gasteiger partial charge in [-0.25, -0.2) is 5.43 Å². The molecule has 4 unspecified atom stereocenters. The molecule has 21 N–H and O–H groups in total. The van der Waals surface area contributed by atoms with Crippen molar-refractivity contribution in [2.45, 2.75) is 119 Å². The highest BCUT2D eigenvalue weighted by atomic mass is 16.4. The minimum Gasteiger partial charge on any atom is -0.481 e. The third kappa shape index (κ3) is 19.4. The Morgan fingerprint density at radius 2 is 1.27 bits per heavy atom. The molecule has 1 rings (SSSR count). The first-order valence-corrected chi connectivity index (χ1v) is 20.3. The minimum atomic E-state index is -2.12. The Hall–Kier alpha value is -6.28. The van der Waals surface area contributed by atoms with Crippen molar-refractivity contribution in [1.29, 1.82) is 0 Å². The molecule has 30 heteroatoms. The second kappa shape index (κ2) is 29.3. The van der Waals surface area contributed by atoms with E-state index in [1.165, 1.54) is 0 Å². The van der Waals surface area contributed by atoms with E-state index in [-0.39, 0.29) is 28.7 Å². The van der Waals surface area contributed by atoms with Crippen molar-refractivity contribution < 1.29 is 91.0 Å². The number of carboxylic acid groups (broad SMARTS) is 1. The monoisotopic (exact) mass is 952 g/mol. The van der Waals surface area contributed by atoms with Crippen LogP contribution in [-0.4, -0.2) is 195 Å². The van der Waals surface area contributed by atoms with Crippen molar-refractivity contribution in [2.24, 2.45) is 17.3 Å². The van der Waals surface area contributed by atoms with Crippen molar-refractivity contribution in [3.63, 3.8) is 0 Å². The maximum atomic E-state index is 13.8. The van der Waals surface area contributed by atoms with Crippen LogP contribution in [0.25, 0.3) is 0 Å². The van der Waals surface area contributed by atoms with E-state index in [9.17, 15) is 88.2 Å². The number of nitrogens with one attached hydrogen (secondary N) is 9. The molecule has 9 amide bonds. The van der Waals surface area contributed by atoms with Gasteiger partial charge < -0.3 is 79.3 Å². The van der Waals surface area contributed by atoms with E-state index in [4.69, 9.17) is 17.3 Å². The van der Waals surface area contributed by atoms with E-state index < -0.39 is 190 Å². The van der Waals surface area contributed by atoms with Gasteiger partial charge in [-0.2, -0.15) is 0 Å². The van der Waals surface area contributed by atoms with Crippen LogP contribution in [0.5, 0.6) is 0 Å². The third-order valence-electron chi connectivity index (χ3n) is 9.73. The smallest absolute Gasteiger partial charge is 0.303 e. The first kappa shape index (κ1) is 57.7. The second-order valence-corrected chi connectivity index (χ2v) is 14.9. The summed E-state index contributed by atoms with van der Waals surface area (Å²) in [5.74, 6) is -9.78. The van der Waals surface area contributed by atoms with Gasteiger partial charge >= 0.3 is 5.97 Å². The fourth-order valence-electron chi connectivity index (χ4n) is 5.99. The first-order chi connectivity index (χ1) is 31.0. The Kier molecular flexibility index (Phi) is 25.6. The predicted octanol–water partition coefficient (Wildman–Crippen LogP) is -10.7. The maximum Gasteiger partial charge on any atom is 0.303 e. The predicted molar refractivity (Wildman–Crippen MR) is 224 cm³/mol. The first-order valence-electron chi connectivity index (χ1n) is 20.3. The summed E-state index contributed by atoms with van der Waals surface area (Å²) in [7, 11) is 0. The molecule has 0 aromatic carbocycles. The summed E-state index contributed by atoms with van der Waals surface area (Å²) in [5.41, 5.74) is 12.6. The van der Waals surface area contributed by atoms with Crippen LogP contribution in [0.3, 0.4) is 0 Å². The van der Waals surface area contributed by atoms with Gasteiger partial charge in [0.25, 0.3) is 0 Å². The molecule has 1 saturated heterocycles. The molecule has 66 heavy (non-hydrogen) atoms. The van der Waals surface area contributed by atoms with Crippen LogP contribution < -0.4 is 65.3 Å². The zero-order chi connectivity index (χ0) is 50.3. The molecule has 0 saturated carbocycles. The fraction of sp³-hybridized carbons (Fsp3) is 0.667. The number of carbonyl (C=O) groups is 12. The lowest BCUT2D eigenvalue weighted by Crippen LogP contribution is -2.62. The summed E-state index contributed by atoms with van der Waals surface area (Å²) in [6.07, 6.45) is -4.98. The van der Waals surface area contributed by atoms with Gasteiger partial charge in [0.1, 0.15) is 42.3 Å². The van der Waals surface area contributed by atoms with Gasteiger partial charge in [-0.3, -0.25) is 68.7 Å². The number of Topliss-reactive ketones (excluding diaryl/α,β-unsaturated/α-hetero) is 2. The van der Waals surface area contributed by atoms with E-state index in [1.54, 1.807) is 0 Å². The second-order valence-electron chi connectivity index (χ2n) is 14.9. The molecule has 30 nitrogen and oxygen atoms in total. The minimum absolute atomic E-state index is 0. The van der Waals surface area contributed by atoms with Gasteiger partial charge in [0.05, 0.1) is 51.0 Å². The van der Waals surface area contributed by atoms with Crippen molar-refractivity contribution >= 4 is 70.7 Å². The summed E-state index contributed by atoms with van der Waals surface area (Å²) in [6, 6.07) is -16.2. The van der Waals surface area contributed by atoms with Crippen LogP contribution in [0.4, 0.5) is 0 Å². The molecule has 0 spiro atoms. The fourth-order valence-corrected chi connectivity index (χ4v) is 5.99. The maximum absolute atomic E-state index is 13.8. The van der Waals surface area contributed by atoms with Crippen molar-refractivity contribution in [2.75, 3.05) is 33.0 Å². The number of rotatable bonds is 21. The number of ketones is 2. The topological polar surface area (TPSA) is 513 Å². The summed E-state index contributed by atoms with van der Waals surface area (Å²) in [6.45, 7) is -3.39. The lowest BCUT2D eigenvalue weighted by atomic mass is 9.98. The number of hydrogen-bond acceptors (Lipinski definition) is 20. The number of aliphatic hydroxyl groups excluding tert-OH is 5. The normalized spacial score (nSPS) is 23.0. The number of hydrogen-bond donors (Lipinski definition) is 18. The zero-order valence-electron chi connectivity index (χ0n) is 35.8. The number of aliphatic carboxylic acids is 1. The van der Waals surface area contributed by atoms with E-state index in [2.05, 4.69) is 37.2 Å². The Bertz CT molecular complexity index is 1780. The number of carbonyl (C=O) groups excluding carboxylic acids is 11. The molecule has 0 bridgehead atoms. The van der Waals surface area contributed by atoms with Gasteiger partial charge in [0, 0.05) is 22.2 Å². The lowest BCUT2D eigenvalue weighted by Gasteiger charge is -2.28.